The van der Waals surface area contributed by atoms with Crippen molar-refractivity contribution < 1.29 is 0 Å². The van der Waals surface area contributed by atoms with E-state index in [2.05, 4.69) is 36.4 Å². The van der Waals surface area contributed by atoms with E-state index in [4.69, 9.17) is 5.73 Å². The molecule has 0 saturated heterocycles. The van der Waals surface area contributed by atoms with Crippen molar-refractivity contribution >= 4 is 0 Å². The van der Waals surface area contributed by atoms with Crippen molar-refractivity contribution in [2.24, 2.45) is 5.73 Å². The molecule has 1 atom stereocenters. The van der Waals surface area contributed by atoms with Gasteiger partial charge < -0.3 is 5.73 Å². The summed E-state index contributed by atoms with van der Waals surface area (Å²) in [6.45, 7) is 0. The normalized spacial score (nSPS) is 23.5. The number of hydrogen-bond acceptors (Lipinski definition) is 1. The maximum atomic E-state index is 5.87. The van der Waals surface area contributed by atoms with E-state index >= 15 is 0 Å². The summed E-state index contributed by atoms with van der Waals surface area (Å²) in [5.74, 6) is 0. The van der Waals surface area contributed by atoms with E-state index in [0.717, 1.165) is 19.3 Å². The zero-order valence-electron chi connectivity index (χ0n) is 9.15. The van der Waals surface area contributed by atoms with Gasteiger partial charge >= 0.3 is 0 Å². The first kappa shape index (κ1) is 10.4. The summed E-state index contributed by atoms with van der Waals surface area (Å²) < 4.78 is 0. The lowest BCUT2D eigenvalue weighted by Crippen LogP contribution is -2.13. The summed E-state index contributed by atoms with van der Waals surface area (Å²) in [7, 11) is 0. The van der Waals surface area contributed by atoms with Crippen LogP contribution < -0.4 is 5.73 Å². The molecule has 1 nitrogen and oxygen atoms in total. The van der Waals surface area contributed by atoms with E-state index in [1.165, 1.54) is 18.4 Å². The van der Waals surface area contributed by atoms with Crippen molar-refractivity contribution in [1.82, 2.24) is 0 Å². The van der Waals surface area contributed by atoms with Crippen LogP contribution in [0.2, 0.25) is 0 Å². The Morgan fingerprint density at radius 2 is 2.07 bits per heavy atom. The molecule has 2 rings (SSSR count). The first-order chi connectivity index (χ1) is 7.34. The summed E-state index contributed by atoms with van der Waals surface area (Å²) in [4.78, 5) is 0. The van der Waals surface area contributed by atoms with Gasteiger partial charge in [0.1, 0.15) is 0 Å². The largest absolute Gasteiger partial charge is 0.327 e. The first-order valence-electron chi connectivity index (χ1n) is 5.82. The molecule has 0 spiro atoms. The fraction of sp³-hybridized carbons (Fsp3) is 0.429. The number of hydrogen-bond donors (Lipinski definition) is 1. The van der Waals surface area contributed by atoms with Gasteiger partial charge in [-0.15, -0.1) is 0 Å². The molecular weight excluding hydrogens is 182 g/mol. The molecule has 1 fully saturated rings. The average molecular weight is 201 g/mol. The minimum atomic E-state index is 0.424. The summed E-state index contributed by atoms with van der Waals surface area (Å²) >= 11 is 0. The zero-order chi connectivity index (χ0) is 10.5. The second-order valence-corrected chi connectivity index (χ2v) is 4.39. The monoisotopic (exact) mass is 201 g/mol. The molecule has 1 aliphatic carbocycles. The van der Waals surface area contributed by atoms with Gasteiger partial charge in [-0.3, -0.25) is 0 Å². The molecule has 0 amide bonds. The van der Waals surface area contributed by atoms with Crippen molar-refractivity contribution in [3.63, 3.8) is 0 Å². The quantitative estimate of drug-likeness (QED) is 0.747. The van der Waals surface area contributed by atoms with Crippen LogP contribution in [0.1, 0.15) is 31.2 Å². The van der Waals surface area contributed by atoms with Crippen molar-refractivity contribution in [3.05, 3.63) is 47.5 Å². The molecule has 0 aliphatic heterocycles. The number of aryl methyl sites for hydroxylation is 1. The predicted octanol–water partition coefficient (Wildman–Crippen LogP) is 3.06. The Labute approximate surface area is 92.0 Å². The Hall–Kier alpha value is -1.08. The van der Waals surface area contributed by atoms with Crippen LogP contribution >= 0.6 is 0 Å². The van der Waals surface area contributed by atoms with E-state index in [-0.39, 0.29) is 0 Å². The van der Waals surface area contributed by atoms with Crippen LogP contribution in [0.5, 0.6) is 0 Å². The lowest BCUT2D eigenvalue weighted by atomic mass is 10.1. The van der Waals surface area contributed by atoms with Crippen molar-refractivity contribution in [3.8, 4) is 0 Å². The zero-order valence-corrected chi connectivity index (χ0v) is 9.15. The minimum absolute atomic E-state index is 0.424. The maximum absolute atomic E-state index is 5.87. The van der Waals surface area contributed by atoms with Crippen LogP contribution in [0.25, 0.3) is 0 Å². The Kier molecular flexibility index (Phi) is 3.57. The van der Waals surface area contributed by atoms with E-state index < -0.39 is 0 Å². The Balaban J connectivity index is 1.80. The first-order valence-corrected chi connectivity index (χ1v) is 5.82. The molecule has 1 heteroatoms. The van der Waals surface area contributed by atoms with Crippen LogP contribution in [0.4, 0.5) is 0 Å². The Morgan fingerprint density at radius 3 is 2.73 bits per heavy atom. The molecule has 1 aromatic rings. The van der Waals surface area contributed by atoms with Crippen LogP contribution in [0, 0.1) is 0 Å². The molecule has 1 aliphatic rings. The predicted molar refractivity (Wildman–Crippen MR) is 64.7 cm³/mol. The fourth-order valence-corrected chi connectivity index (χ4v) is 2.18. The van der Waals surface area contributed by atoms with Gasteiger partial charge in [-0.2, -0.15) is 0 Å². The van der Waals surface area contributed by atoms with Gasteiger partial charge in [0.2, 0.25) is 0 Å². The third-order valence-electron chi connectivity index (χ3n) is 3.07. The molecule has 0 radical (unpaired) electrons. The van der Waals surface area contributed by atoms with Gasteiger partial charge in [-0.05, 0) is 37.7 Å². The smallest absolute Gasteiger partial charge is 0.00791 e. The molecule has 0 heterocycles. The Bertz CT molecular complexity index is 326. The molecule has 80 valence electrons. The summed E-state index contributed by atoms with van der Waals surface area (Å²) in [5, 5.41) is 0. The van der Waals surface area contributed by atoms with Gasteiger partial charge in [0, 0.05) is 6.04 Å². The number of allylic oxidation sites excluding steroid dienone is 1. The lowest BCUT2D eigenvalue weighted by molar-refractivity contribution is 0.711. The number of nitrogens with two attached hydrogens (primary N) is 1. The van der Waals surface area contributed by atoms with Gasteiger partial charge in [0.25, 0.3) is 0 Å². The SMILES string of the molecule is NC1CCC(=CCCc2ccccc2)C1. The van der Waals surface area contributed by atoms with Crippen molar-refractivity contribution in [1.29, 1.82) is 0 Å². The molecule has 1 unspecified atom stereocenters. The topological polar surface area (TPSA) is 26.0 Å². The molecule has 2 N–H and O–H groups in total. The van der Waals surface area contributed by atoms with Crippen LogP contribution in [0.15, 0.2) is 42.0 Å². The number of rotatable bonds is 3. The van der Waals surface area contributed by atoms with Crippen molar-refractivity contribution in [2.75, 3.05) is 0 Å². The highest BCUT2D eigenvalue weighted by Crippen LogP contribution is 2.23. The molecule has 15 heavy (non-hydrogen) atoms. The van der Waals surface area contributed by atoms with Gasteiger partial charge in [-0.1, -0.05) is 42.0 Å². The average Bonchev–Trinajstić information content (AvgIpc) is 2.66. The highest BCUT2D eigenvalue weighted by atomic mass is 14.6. The second kappa shape index (κ2) is 5.13. The second-order valence-electron chi connectivity index (χ2n) is 4.39. The highest BCUT2D eigenvalue weighted by Gasteiger charge is 2.14. The van der Waals surface area contributed by atoms with Gasteiger partial charge in [0.05, 0.1) is 0 Å². The molecule has 0 bridgehead atoms. The fourth-order valence-electron chi connectivity index (χ4n) is 2.18. The van der Waals surface area contributed by atoms with E-state index in [9.17, 15) is 0 Å². The molecule has 1 saturated carbocycles. The lowest BCUT2D eigenvalue weighted by Gasteiger charge is -1.99. The van der Waals surface area contributed by atoms with Crippen LogP contribution in [0.3, 0.4) is 0 Å². The minimum Gasteiger partial charge on any atom is -0.327 e. The highest BCUT2D eigenvalue weighted by molar-refractivity contribution is 5.16. The van der Waals surface area contributed by atoms with Crippen LogP contribution in [-0.4, -0.2) is 6.04 Å². The molecule has 0 aromatic heterocycles. The molecule has 1 aromatic carbocycles. The van der Waals surface area contributed by atoms with E-state index in [1.807, 2.05) is 0 Å². The standard InChI is InChI=1S/C14H19N/c15-14-10-9-13(11-14)8-4-7-12-5-2-1-3-6-12/h1-3,5-6,8,14H,4,7,9-11,15H2. The van der Waals surface area contributed by atoms with Gasteiger partial charge in [0.15, 0.2) is 0 Å². The van der Waals surface area contributed by atoms with Crippen molar-refractivity contribution in [2.45, 2.75) is 38.1 Å². The molecular formula is C14H19N. The summed E-state index contributed by atoms with van der Waals surface area (Å²) in [6.07, 6.45) is 8.22. The third-order valence-corrected chi connectivity index (χ3v) is 3.07. The third kappa shape index (κ3) is 3.21. The summed E-state index contributed by atoms with van der Waals surface area (Å²) in [5.41, 5.74) is 8.86. The maximum Gasteiger partial charge on any atom is 0.00791 e. The van der Waals surface area contributed by atoms with Crippen LogP contribution in [-0.2, 0) is 6.42 Å². The van der Waals surface area contributed by atoms with Gasteiger partial charge in [-0.25, -0.2) is 0 Å². The van der Waals surface area contributed by atoms with E-state index in [1.54, 1.807) is 5.57 Å². The number of benzene rings is 1. The summed E-state index contributed by atoms with van der Waals surface area (Å²) in [6, 6.07) is 11.1. The Morgan fingerprint density at radius 1 is 1.27 bits per heavy atom. The van der Waals surface area contributed by atoms with E-state index in [0.29, 0.717) is 6.04 Å².